The number of fused-ring (bicyclic) bond motifs is 4. The summed E-state index contributed by atoms with van der Waals surface area (Å²) in [5, 5.41) is 2.37. The van der Waals surface area contributed by atoms with Crippen molar-refractivity contribution in [3.05, 3.63) is 119 Å². The van der Waals surface area contributed by atoms with E-state index in [0.717, 1.165) is 76.5 Å². The van der Waals surface area contributed by atoms with Crippen molar-refractivity contribution in [3.63, 3.8) is 0 Å². The first kappa shape index (κ1) is 37.1. The number of ketones is 2. The van der Waals surface area contributed by atoms with Crippen LogP contribution in [0.15, 0.2) is 84.9 Å². The smallest absolute Gasteiger partial charge is 0.231 e. The van der Waals surface area contributed by atoms with Crippen LogP contribution in [0.5, 0.6) is 23.0 Å². The van der Waals surface area contributed by atoms with E-state index in [0.29, 0.717) is 18.6 Å². The van der Waals surface area contributed by atoms with Crippen molar-refractivity contribution in [2.45, 2.75) is 102 Å². The molecule has 4 aromatic carbocycles. The normalized spacial score (nSPS) is 17.0. The fourth-order valence-corrected chi connectivity index (χ4v) is 8.73. The van der Waals surface area contributed by atoms with Gasteiger partial charge in [-0.05, 0) is 114 Å². The Labute approximate surface area is 334 Å². The number of benzene rings is 4. The summed E-state index contributed by atoms with van der Waals surface area (Å²) in [5.41, 5.74) is 8.56. The van der Waals surface area contributed by atoms with Crippen molar-refractivity contribution in [1.82, 2.24) is 9.55 Å². The molecule has 57 heavy (non-hydrogen) atoms. The molecule has 10 rings (SSSR count). The minimum Gasteiger partial charge on any atom is -0.454 e. The van der Waals surface area contributed by atoms with Crippen LogP contribution in [0, 0.1) is 0 Å². The maximum atomic E-state index is 13.3. The second kappa shape index (κ2) is 13.3. The standard InChI is InChI=1S/C25H27NO3.C24H25NO3/c1-24(2,3)22-13-17-11-16(5-7-19(17)26(22)4)12-23(27)25(9-10-25)18-6-8-20-21(14-18)29-15-28-20;1-23(2,3)21-12-16-10-15(4-6-18(16)25-21)11-22(26)24(8-9-24)17-5-7-19-20(13-17)28-14-27-19/h5-8,11,13-14H,9-10,12,15H2,1-4H3;4-7,10,12-13,25H,8-9,11,14H2,1-3H3. The lowest BCUT2D eigenvalue weighted by Gasteiger charge is -2.19. The summed E-state index contributed by atoms with van der Waals surface area (Å²) in [6.07, 6.45) is 4.56. The molecule has 8 nitrogen and oxygen atoms in total. The Morgan fingerprint density at radius 3 is 1.61 bits per heavy atom. The molecule has 2 fully saturated rings. The minimum atomic E-state index is -0.358. The van der Waals surface area contributed by atoms with Gasteiger partial charge in [0, 0.05) is 58.5 Å². The maximum Gasteiger partial charge on any atom is 0.231 e. The first-order chi connectivity index (χ1) is 27.1. The van der Waals surface area contributed by atoms with E-state index in [1.165, 1.54) is 27.7 Å². The lowest BCUT2D eigenvalue weighted by molar-refractivity contribution is -0.121. The van der Waals surface area contributed by atoms with Gasteiger partial charge in [0.05, 0.1) is 10.8 Å². The highest BCUT2D eigenvalue weighted by molar-refractivity contribution is 5.96. The number of aryl methyl sites for hydroxylation is 1. The SMILES string of the molecule is CC(C)(C)c1cc2cc(CC(=O)C3(c4ccc5c(c4)OCO5)CC3)ccc2[nH]1.Cn1c(C(C)(C)C)cc2cc(CC(=O)C3(c4ccc5c(c4)OCO5)CC3)ccc21. The van der Waals surface area contributed by atoms with E-state index in [2.05, 4.69) is 107 Å². The molecule has 2 aliphatic carbocycles. The predicted octanol–water partition coefficient (Wildman–Crippen LogP) is 10.1. The molecule has 294 valence electrons. The van der Waals surface area contributed by atoms with Crippen molar-refractivity contribution in [2.24, 2.45) is 7.05 Å². The molecular weight excluding hydrogens is 713 g/mol. The summed E-state index contributed by atoms with van der Waals surface area (Å²) < 4.78 is 24.1. The van der Waals surface area contributed by atoms with Gasteiger partial charge < -0.3 is 28.5 Å². The van der Waals surface area contributed by atoms with Crippen LogP contribution in [-0.2, 0) is 51.1 Å². The largest absolute Gasteiger partial charge is 0.454 e. The third-order valence-electron chi connectivity index (χ3n) is 12.5. The zero-order chi connectivity index (χ0) is 39.9. The van der Waals surface area contributed by atoms with Crippen molar-refractivity contribution in [2.75, 3.05) is 13.6 Å². The fourth-order valence-electron chi connectivity index (χ4n) is 8.73. The molecule has 0 spiro atoms. The van der Waals surface area contributed by atoms with Gasteiger partial charge in [0.1, 0.15) is 11.6 Å². The van der Waals surface area contributed by atoms with Gasteiger partial charge in [-0.25, -0.2) is 0 Å². The molecule has 8 heteroatoms. The molecule has 4 aliphatic rings. The van der Waals surface area contributed by atoms with Crippen LogP contribution in [0.1, 0.15) is 101 Å². The maximum absolute atomic E-state index is 13.3. The van der Waals surface area contributed by atoms with Gasteiger partial charge in [-0.15, -0.1) is 0 Å². The summed E-state index contributed by atoms with van der Waals surface area (Å²) in [5.74, 6) is 3.61. The van der Waals surface area contributed by atoms with Gasteiger partial charge in [-0.3, -0.25) is 9.59 Å². The Morgan fingerprint density at radius 1 is 0.596 bits per heavy atom. The summed E-state index contributed by atoms with van der Waals surface area (Å²) in [7, 11) is 2.12. The van der Waals surface area contributed by atoms with E-state index in [1.807, 2.05) is 36.4 Å². The second-order valence-electron chi connectivity index (χ2n) is 18.6. The van der Waals surface area contributed by atoms with E-state index < -0.39 is 0 Å². The Bertz CT molecular complexity index is 2570. The fraction of sp³-hybridized carbons (Fsp3) is 0.388. The zero-order valence-corrected chi connectivity index (χ0v) is 34.1. The number of carbonyl (C=O) groups is 2. The highest BCUT2D eigenvalue weighted by atomic mass is 16.7. The van der Waals surface area contributed by atoms with Crippen LogP contribution in [0.25, 0.3) is 21.8 Å². The van der Waals surface area contributed by atoms with Crippen molar-refractivity contribution >= 4 is 33.4 Å². The molecule has 2 saturated carbocycles. The van der Waals surface area contributed by atoms with Crippen LogP contribution in [0.2, 0.25) is 0 Å². The number of hydrogen-bond acceptors (Lipinski definition) is 6. The molecule has 4 heterocycles. The molecule has 2 aliphatic heterocycles. The van der Waals surface area contributed by atoms with Crippen LogP contribution in [0.3, 0.4) is 0 Å². The second-order valence-corrected chi connectivity index (χ2v) is 18.6. The third kappa shape index (κ3) is 6.77. The molecule has 0 amide bonds. The van der Waals surface area contributed by atoms with E-state index in [9.17, 15) is 9.59 Å². The van der Waals surface area contributed by atoms with Gasteiger partial charge >= 0.3 is 0 Å². The van der Waals surface area contributed by atoms with Crippen LogP contribution in [-0.4, -0.2) is 34.7 Å². The summed E-state index contributed by atoms with van der Waals surface area (Å²) in [4.78, 5) is 30.0. The lowest BCUT2D eigenvalue weighted by Crippen LogP contribution is -2.22. The topological polar surface area (TPSA) is 91.8 Å². The Hall–Kier alpha value is -5.50. The Morgan fingerprint density at radius 2 is 1.11 bits per heavy atom. The van der Waals surface area contributed by atoms with Gasteiger partial charge in [0.25, 0.3) is 0 Å². The zero-order valence-electron chi connectivity index (χ0n) is 34.1. The van der Waals surface area contributed by atoms with Gasteiger partial charge in [-0.1, -0.05) is 65.8 Å². The van der Waals surface area contributed by atoms with Crippen LogP contribution >= 0.6 is 0 Å². The molecular formula is C49H52N2O6. The van der Waals surface area contributed by atoms with Crippen molar-refractivity contribution < 1.29 is 28.5 Å². The van der Waals surface area contributed by atoms with E-state index in [1.54, 1.807) is 0 Å². The number of H-pyrrole nitrogens is 1. The predicted molar refractivity (Wildman–Crippen MR) is 223 cm³/mol. The van der Waals surface area contributed by atoms with Crippen molar-refractivity contribution in [3.8, 4) is 23.0 Å². The molecule has 0 radical (unpaired) electrons. The molecule has 1 N–H and O–H groups in total. The monoisotopic (exact) mass is 764 g/mol. The van der Waals surface area contributed by atoms with E-state index >= 15 is 0 Å². The number of nitrogens with zero attached hydrogens (tertiary/aromatic N) is 1. The number of carbonyl (C=O) groups excluding carboxylic acids is 2. The number of Topliss-reactive ketones (excluding diaryl/α,β-unsaturated/α-hetero) is 2. The van der Waals surface area contributed by atoms with E-state index in [-0.39, 0.29) is 41.0 Å². The number of rotatable bonds is 8. The summed E-state index contributed by atoms with van der Waals surface area (Å²) in [6, 6.07) is 29.1. The molecule has 6 aromatic rings. The summed E-state index contributed by atoms with van der Waals surface area (Å²) in [6.45, 7) is 13.8. The minimum absolute atomic E-state index is 0.0758. The summed E-state index contributed by atoms with van der Waals surface area (Å²) >= 11 is 0. The number of nitrogens with one attached hydrogen (secondary N) is 1. The number of aromatic amines is 1. The quantitative estimate of drug-likeness (QED) is 0.166. The highest BCUT2D eigenvalue weighted by Crippen LogP contribution is 2.53. The average Bonchev–Trinajstić information content (AvgIpc) is 3.91. The number of aromatic nitrogens is 2. The van der Waals surface area contributed by atoms with Crippen LogP contribution in [0.4, 0.5) is 0 Å². The van der Waals surface area contributed by atoms with Gasteiger partial charge in [-0.2, -0.15) is 0 Å². The van der Waals surface area contributed by atoms with Crippen molar-refractivity contribution in [1.29, 1.82) is 0 Å². The molecule has 0 saturated heterocycles. The van der Waals surface area contributed by atoms with Gasteiger partial charge in [0.15, 0.2) is 23.0 Å². The van der Waals surface area contributed by atoms with E-state index in [4.69, 9.17) is 18.9 Å². The molecule has 0 unspecified atom stereocenters. The highest BCUT2D eigenvalue weighted by Gasteiger charge is 2.51. The first-order valence-corrected chi connectivity index (χ1v) is 20.2. The van der Waals surface area contributed by atoms with Gasteiger partial charge in [0.2, 0.25) is 13.6 Å². The lowest BCUT2D eigenvalue weighted by atomic mass is 9.87. The average molecular weight is 765 g/mol. The first-order valence-electron chi connectivity index (χ1n) is 20.2. The molecule has 2 aromatic heterocycles. The third-order valence-corrected chi connectivity index (χ3v) is 12.5. The Kier molecular flexibility index (Phi) is 8.65. The number of ether oxygens (including phenoxy) is 4. The molecule has 0 atom stereocenters. The van der Waals surface area contributed by atoms with Crippen LogP contribution < -0.4 is 18.9 Å². The Balaban J connectivity index is 0.000000148. The molecule has 0 bridgehead atoms. The number of hydrogen-bond donors (Lipinski definition) is 1.